The second-order valence-electron chi connectivity index (χ2n) is 6.46. The van der Waals surface area contributed by atoms with E-state index in [4.69, 9.17) is 9.47 Å². The van der Waals surface area contributed by atoms with Crippen molar-refractivity contribution in [1.29, 1.82) is 0 Å². The van der Waals surface area contributed by atoms with Crippen molar-refractivity contribution >= 4 is 22.0 Å². The minimum atomic E-state index is -0.358. The summed E-state index contributed by atoms with van der Waals surface area (Å²) in [5.41, 5.74) is 0. The number of halogens is 1. The minimum absolute atomic E-state index is 0.0698. The quantitative estimate of drug-likeness (QED) is 0.793. The molecular formula is C16H25BrN4O3. The second-order valence-corrected chi connectivity index (χ2v) is 7.32. The fourth-order valence-corrected chi connectivity index (χ4v) is 4.04. The summed E-state index contributed by atoms with van der Waals surface area (Å²) in [7, 11) is 1.41. The SMILES string of the molecule is COC(=O)NC(CN1CCCC1c1ncc(Br)[nH]1)C1CCOCC1. The molecule has 0 aromatic carbocycles. The molecule has 1 aromatic heterocycles. The van der Waals surface area contributed by atoms with Gasteiger partial charge in [-0.2, -0.15) is 0 Å². The normalized spacial score (nSPS) is 24.0. The number of hydrogen-bond donors (Lipinski definition) is 2. The lowest BCUT2D eigenvalue weighted by Gasteiger charge is -2.34. The van der Waals surface area contributed by atoms with E-state index in [2.05, 4.69) is 36.1 Å². The summed E-state index contributed by atoms with van der Waals surface area (Å²) in [5.74, 6) is 1.41. The first-order valence-electron chi connectivity index (χ1n) is 8.54. The maximum Gasteiger partial charge on any atom is 0.407 e. The summed E-state index contributed by atoms with van der Waals surface area (Å²) in [6.45, 7) is 3.35. The number of carbonyl (C=O) groups excluding carboxylic acids is 1. The van der Waals surface area contributed by atoms with Crippen LogP contribution in [0.4, 0.5) is 4.79 Å². The van der Waals surface area contributed by atoms with Gasteiger partial charge in [-0.1, -0.05) is 0 Å². The standard InChI is InChI=1S/C16H25BrN4O3/c1-23-16(22)19-12(11-4-7-24-8-5-11)10-21-6-2-3-13(21)15-18-9-14(17)20-15/h9,11-13H,2-8,10H2,1H3,(H,18,20)(H,19,22). The Bertz CT molecular complexity index is 547. The van der Waals surface area contributed by atoms with Gasteiger partial charge in [-0.3, -0.25) is 4.90 Å². The molecule has 3 rings (SSSR count). The number of aromatic nitrogens is 2. The van der Waals surface area contributed by atoms with Crippen LogP contribution >= 0.6 is 15.9 Å². The monoisotopic (exact) mass is 400 g/mol. The van der Waals surface area contributed by atoms with Gasteiger partial charge in [-0.15, -0.1) is 0 Å². The molecule has 1 amide bonds. The summed E-state index contributed by atoms with van der Waals surface area (Å²) in [6.07, 6.45) is 5.61. The predicted octanol–water partition coefficient (Wildman–Crippen LogP) is 2.46. The molecule has 2 unspecified atom stereocenters. The van der Waals surface area contributed by atoms with Gasteiger partial charge in [0, 0.05) is 25.8 Å². The molecule has 3 heterocycles. The first-order chi connectivity index (χ1) is 11.7. The van der Waals surface area contributed by atoms with Gasteiger partial charge in [0.05, 0.1) is 19.3 Å². The molecule has 24 heavy (non-hydrogen) atoms. The highest BCUT2D eigenvalue weighted by Gasteiger charge is 2.33. The van der Waals surface area contributed by atoms with Gasteiger partial charge < -0.3 is 19.8 Å². The summed E-state index contributed by atoms with van der Waals surface area (Å²) in [4.78, 5) is 22.0. The van der Waals surface area contributed by atoms with Crippen LogP contribution in [-0.2, 0) is 9.47 Å². The Hall–Kier alpha value is -1.12. The molecule has 2 atom stereocenters. The molecule has 2 fully saturated rings. The van der Waals surface area contributed by atoms with Crippen molar-refractivity contribution in [3.05, 3.63) is 16.6 Å². The zero-order valence-electron chi connectivity index (χ0n) is 14.0. The lowest BCUT2D eigenvalue weighted by molar-refractivity contribution is 0.0454. The predicted molar refractivity (Wildman–Crippen MR) is 92.7 cm³/mol. The van der Waals surface area contributed by atoms with Crippen LogP contribution in [0.15, 0.2) is 10.8 Å². The zero-order valence-corrected chi connectivity index (χ0v) is 15.5. The number of carbonyl (C=O) groups is 1. The van der Waals surface area contributed by atoms with Crippen molar-refractivity contribution in [3.63, 3.8) is 0 Å². The van der Waals surface area contributed by atoms with Crippen molar-refractivity contribution < 1.29 is 14.3 Å². The van der Waals surface area contributed by atoms with E-state index in [1.165, 1.54) is 7.11 Å². The molecule has 1 aromatic rings. The van der Waals surface area contributed by atoms with Crippen LogP contribution in [0.1, 0.15) is 37.5 Å². The highest BCUT2D eigenvalue weighted by molar-refractivity contribution is 9.10. The number of aromatic amines is 1. The summed E-state index contributed by atoms with van der Waals surface area (Å²) >= 11 is 3.43. The maximum absolute atomic E-state index is 11.8. The van der Waals surface area contributed by atoms with Crippen molar-refractivity contribution in [1.82, 2.24) is 20.2 Å². The van der Waals surface area contributed by atoms with Crippen LogP contribution in [0.2, 0.25) is 0 Å². The first kappa shape index (κ1) is 17.7. The second kappa shape index (κ2) is 8.31. The molecule has 2 aliphatic heterocycles. The molecule has 0 saturated carbocycles. The third-order valence-electron chi connectivity index (χ3n) is 5.00. The number of nitrogens with one attached hydrogen (secondary N) is 2. The van der Waals surface area contributed by atoms with E-state index in [1.807, 2.05) is 0 Å². The van der Waals surface area contributed by atoms with Gasteiger partial charge >= 0.3 is 6.09 Å². The Morgan fingerprint density at radius 1 is 1.54 bits per heavy atom. The molecule has 0 bridgehead atoms. The van der Waals surface area contributed by atoms with Gasteiger partial charge in [-0.05, 0) is 54.1 Å². The average molecular weight is 401 g/mol. The third-order valence-corrected chi connectivity index (χ3v) is 5.40. The van der Waals surface area contributed by atoms with Crippen molar-refractivity contribution in [2.45, 2.75) is 37.8 Å². The summed E-state index contributed by atoms with van der Waals surface area (Å²) in [5, 5.41) is 3.04. The summed E-state index contributed by atoms with van der Waals surface area (Å²) < 4.78 is 11.2. The lowest BCUT2D eigenvalue weighted by Crippen LogP contribution is -2.49. The molecule has 2 saturated heterocycles. The molecule has 8 heteroatoms. The van der Waals surface area contributed by atoms with E-state index >= 15 is 0 Å². The van der Waals surface area contributed by atoms with Gasteiger partial charge in [0.2, 0.25) is 0 Å². The Morgan fingerprint density at radius 3 is 3.00 bits per heavy atom. The van der Waals surface area contributed by atoms with Gasteiger partial charge in [0.15, 0.2) is 0 Å². The molecular weight excluding hydrogens is 376 g/mol. The van der Waals surface area contributed by atoms with E-state index < -0.39 is 0 Å². The Morgan fingerprint density at radius 2 is 2.33 bits per heavy atom. The van der Waals surface area contributed by atoms with Gasteiger partial charge in [0.25, 0.3) is 0 Å². The van der Waals surface area contributed by atoms with Crippen LogP contribution in [0.25, 0.3) is 0 Å². The molecule has 0 spiro atoms. The number of methoxy groups -OCH3 is 1. The number of rotatable bonds is 5. The Balaban J connectivity index is 1.69. The highest BCUT2D eigenvalue weighted by Crippen LogP contribution is 2.32. The fourth-order valence-electron chi connectivity index (χ4n) is 3.73. The van der Waals surface area contributed by atoms with Gasteiger partial charge in [0.1, 0.15) is 10.4 Å². The minimum Gasteiger partial charge on any atom is -0.453 e. The number of amides is 1. The number of hydrogen-bond acceptors (Lipinski definition) is 5. The fraction of sp³-hybridized carbons (Fsp3) is 0.750. The number of H-pyrrole nitrogens is 1. The highest BCUT2D eigenvalue weighted by atomic mass is 79.9. The van der Waals surface area contributed by atoms with Crippen LogP contribution in [-0.4, -0.2) is 60.4 Å². The first-order valence-corrected chi connectivity index (χ1v) is 9.33. The smallest absolute Gasteiger partial charge is 0.407 e. The zero-order chi connectivity index (χ0) is 16.9. The number of ether oxygens (including phenoxy) is 2. The number of likely N-dealkylation sites (tertiary alicyclic amines) is 1. The van der Waals surface area contributed by atoms with E-state index in [-0.39, 0.29) is 18.2 Å². The molecule has 2 aliphatic rings. The van der Waals surface area contributed by atoms with Crippen LogP contribution in [0, 0.1) is 5.92 Å². The number of alkyl carbamates (subject to hydrolysis) is 1. The lowest BCUT2D eigenvalue weighted by atomic mass is 9.91. The van der Waals surface area contributed by atoms with Crippen molar-refractivity contribution in [2.75, 3.05) is 33.4 Å². The topological polar surface area (TPSA) is 79.5 Å². The molecule has 2 N–H and O–H groups in total. The van der Waals surface area contributed by atoms with E-state index in [0.29, 0.717) is 5.92 Å². The van der Waals surface area contributed by atoms with Crippen molar-refractivity contribution in [2.24, 2.45) is 5.92 Å². The molecule has 0 aliphatic carbocycles. The summed E-state index contributed by atoms with van der Waals surface area (Å²) in [6, 6.07) is 0.346. The number of imidazole rings is 1. The third kappa shape index (κ3) is 4.29. The molecule has 0 radical (unpaired) electrons. The van der Waals surface area contributed by atoms with Crippen LogP contribution < -0.4 is 5.32 Å². The van der Waals surface area contributed by atoms with E-state index in [1.54, 1.807) is 6.20 Å². The Labute approximate surface area is 150 Å². The van der Waals surface area contributed by atoms with Gasteiger partial charge in [-0.25, -0.2) is 9.78 Å². The average Bonchev–Trinajstić information content (AvgIpc) is 3.23. The Kier molecular flexibility index (Phi) is 6.13. The molecule has 134 valence electrons. The van der Waals surface area contributed by atoms with Crippen LogP contribution in [0.3, 0.4) is 0 Å². The van der Waals surface area contributed by atoms with E-state index in [9.17, 15) is 4.79 Å². The van der Waals surface area contributed by atoms with Crippen LogP contribution in [0.5, 0.6) is 0 Å². The van der Waals surface area contributed by atoms with E-state index in [0.717, 1.165) is 62.4 Å². The maximum atomic E-state index is 11.8. The molecule has 7 nitrogen and oxygen atoms in total. The number of nitrogens with zero attached hydrogens (tertiary/aromatic N) is 2. The van der Waals surface area contributed by atoms with Crippen molar-refractivity contribution in [3.8, 4) is 0 Å². The largest absolute Gasteiger partial charge is 0.453 e.